The molecule has 2 heterocycles. The van der Waals surface area contributed by atoms with Gasteiger partial charge in [0, 0.05) is 11.6 Å². The van der Waals surface area contributed by atoms with Crippen molar-refractivity contribution in [3.8, 4) is 22.8 Å². The van der Waals surface area contributed by atoms with Gasteiger partial charge in [0.05, 0.1) is 5.56 Å². The van der Waals surface area contributed by atoms with Crippen molar-refractivity contribution in [2.75, 3.05) is 0 Å². The highest BCUT2D eigenvalue weighted by Gasteiger charge is 2.38. The van der Waals surface area contributed by atoms with E-state index in [0.717, 1.165) is 11.5 Å². The number of aryl methyl sites for hydroxylation is 3. The number of fused-ring (bicyclic) bond motifs is 2. The molecule has 0 aliphatic carbocycles. The van der Waals surface area contributed by atoms with E-state index in [9.17, 15) is 0 Å². The Morgan fingerprint density at radius 3 is 2.40 bits per heavy atom. The number of hydrogen-bond donors (Lipinski definition) is 0. The van der Waals surface area contributed by atoms with Crippen LogP contribution >= 0.6 is 0 Å². The molecule has 0 spiro atoms. The van der Waals surface area contributed by atoms with Gasteiger partial charge in [0.25, 0.3) is 0 Å². The van der Waals surface area contributed by atoms with E-state index in [0.29, 0.717) is 0 Å². The molecule has 0 bridgehead atoms. The lowest BCUT2D eigenvalue weighted by molar-refractivity contribution is -0.660. The minimum absolute atomic E-state index is 1.02. The van der Waals surface area contributed by atoms with Crippen LogP contribution in [0.25, 0.3) is 11.3 Å². The van der Waals surface area contributed by atoms with Crippen LogP contribution in [-0.2, 0) is 7.05 Å². The molecule has 0 amide bonds. The molecule has 0 unspecified atom stereocenters. The lowest BCUT2D eigenvalue weighted by Gasteiger charge is -2.34. The summed E-state index contributed by atoms with van der Waals surface area (Å²) in [4.78, 5) is 0. The van der Waals surface area contributed by atoms with Gasteiger partial charge >= 0.3 is 0 Å². The van der Waals surface area contributed by atoms with E-state index in [1.54, 1.807) is 0 Å². The second-order valence-corrected chi connectivity index (χ2v) is 11.9. The smallest absolute Gasteiger partial charge is 0.216 e. The van der Waals surface area contributed by atoms with Crippen molar-refractivity contribution in [3.05, 3.63) is 65.9 Å². The van der Waals surface area contributed by atoms with E-state index >= 15 is 0 Å². The molecule has 0 N–H and O–H groups in total. The molecule has 0 radical (unpaired) electrons. The largest absolute Gasteiger partial charge is 0.457 e. The third kappa shape index (κ3) is 2.42. The number of rotatable bonds is 1. The summed E-state index contributed by atoms with van der Waals surface area (Å²) in [5, 5.41) is 2.76. The maximum Gasteiger partial charge on any atom is 0.216 e. The molecule has 3 heteroatoms. The van der Waals surface area contributed by atoms with Crippen LogP contribution in [0.15, 0.2) is 54.7 Å². The molecule has 25 heavy (non-hydrogen) atoms. The SMILES string of the molecule is Cc1ccc(-c2c(C)ccc3c2Oc2ccccc2[Si]3(C)C)[n+](C)c1. The van der Waals surface area contributed by atoms with Crippen molar-refractivity contribution in [1.29, 1.82) is 0 Å². The summed E-state index contributed by atoms with van der Waals surface area (Å²) in [6, 6.07) is 17.4. The summed E-state index contributed by atoms with van der Waals surface area (Å²) >= 11 is 0. The Bertz CT molecular complexity index is 991. The third-order valence-electron chi connectivity index (χ3n) is 5.35. The molecule has 2 nitrogen and oxygen atoms in total. The zero-order chi connectivity index (χ0) is 17.8. The molecule has 1 aliphatic heterocycles. The number of para-hydroxylation sites is 1. The van der Waals surface area contributed by atoms with E-state index < -0.39 is 8.07 Å². The number of pyridine rings is 1. The summed E-state index contributed by atoms with van der Waals surface area (Å²) in [5.41, 5.74) is 4.93. The molecule has 126 valence electrons. The summed E-state index contributed by atoms with van der Waals surface area (Å²) < 4.78 is 8.69. The topological polar surface area (TPSA) is 13.1 Å². The normalized spacial score (nSPS) is 14.4. The van der Waals surface area contributed by atoms with Crippen LogP contribution in [0, 0.1) is 13.8 Å². The minimum Gasteiger partial charge on any atom is -0.457 e. The van der Waals surface area contributed by atoms with E-state index in [4.69, 9.17) is 4.74 Å². The van der Waals surface area contributed by atoms with Crippen molar-refractivity contribution in [2.45, 2.75) is 26.9 Å². The Kier molecular flexibility index (Phi) is 3.58. The molecule has 2 aromatic carbocycles. The quantitative estimate of drug-likeness (QED) is 0.483. The molecule has 1 aliphatic rings. The van der Waals surface area contributed by atoms with Gasteiger partial charge < -0.3 is 4.74 Å². The number of aromatic nitrogens is 1. The summed E-state index contributed by atoms with van der Waals surface area (Å²) in [6.07, 6.45) is 2.17. The number of nitrogens with zero attached hydrogens (tertiary/aromatic N) is 1. The fourth-order valence-electron chi connectivity index (χ4n) is 3.93. The van der Waals surface area contributed by atoms with Crippen molar-refractivity contribution in [2.24, 2.45) is 7.05 Å². The van der Waals surface area contributed by atoms with Gasteiger partial charge in [-0.2, -0.15) is 0 Å². The monoisotopic (exact) mass is 346 g/mol. The maximum absolute atomic E-state index is 6.49. The minimum atomic E-state index is -1.78. The van der Waals surface area contributed by atoms with Crippen molar-refractivity contribution in [1.82, 2.24) is 0 Å². The molecule has 1 aromatic heterocycles. The zero-order valence-corrected chi connectivity index (χ0v) is 16.6. The van der Waals surface area contributed by atoms with Crippen LogP contribution in [0.1, 0.15) is 11.1 Å². The van der Waals surface area contributed by atoms with Crippen LogP contribution in [0.4, 0.5) is 0 Å². The van der Waals surface area contributed by atoms with Crippen LogP contribution in [0.5, 0.6) is 11.5 Å². The lowest BCUT2D eigenvalue weighted by Crippen LogP contribution is -2.56. The predicted octanol–water partition coefficient (Wildman–Crippen LogP) is 3.72. The second-order valence-electron chi connectivity index (χ2n) is 7.56. The van der Waals surface area contributed by atoms with E-state index in [2.05, 4.69) is 93.3 Å². The molecular formula is C22H24NOSi+. The fraction of sp³-hybridized carbons (Fsp3) is 0.227. The van der Waals surface area contributed by atoms with Gasteiger partial charge in [0.1, 0.15) is 26.6 Å². The highest BCUT2D eigenvalue weighted by molar-refractivity contribution is 7.01. The van der Waals surface area contributed by atoms with E-state index in [1.807, 2.05) is 0 Å². The summed E-state index contributed by atoms with van der Waals surface area (Å²) in [5.74, 6) is 2.07. The van der Waals surface area contributed by atoms with Crippen LogP contribution < -0.4 is 19.7 Å². The highest BCUT2D eigenvalue weighted by atomic mass is 28.3. The average Bonchev–Trinajstić information content (AvgIpc) is 2.56. The standard InChI is InChI=1S/C22H24NOSi/c1-15-10-12-17(23(3)14-15)21-16(2)11-13-20-22(21)24-18-8-6-7-9-19(18)25(20,4)5/h6-14H,1-5H3/q+1. The number of hydrogen-bond acceptors (Lipinski definition) is 1. The summed E-state index contributed by atoms with van der Waals surface area (Å²) in [6.45, 7) is 9.14. The molecular weight excluding hydrogens is 322 g/mol. The Balaban J connectivity index is 2.02. The van der Waals surface area contributed by atoms with Crippen LogP contribution in [0.2, 0.25) is 13.1 Å². The maximum atomic E-state index is 6.49. The van der Waals surface area contributed by atoms with Gasteiger partial charge in [-0.15, -0.1) is 0 Å². The van der Waals surface area contributed by atoms with Gasteiger partial charge in [-0.25, -0.2) is 4.57 Å². The first-order valence-electron chi connectivity index (χ1n) is 8.77. The van der Waals surface area contributed by atoms with E-state index in [-0.39, 0.29) is 0 Å². The van der Waals surface area contributed by atoms with Crippen molar-refractivity contribution in [3.63, 3.8) is 0 Å². The van der Waals surface area contributed by atoms with Gasteiger partial charge in [-0.1, -0.05) is 43.4 Å². The van der Waals surface area contributed by atoms with Gasteiger partial charge in [0.15, 0.2) is 6.20 Å². The highest BCUT2D eigenvalue weighted by Crippen LogP contribution is 2.37. The first-order chi connectivity index (χ1) is 11.9. The van der Waals surface area contributed by atoms with Gasteiger partial charge in [0.2, 0.25) is 5.69 Å². The summed E-state index contributed by atoms with van der Waals surface area (Å²) in [7, 11) is 0.330. The van der Waals surface area contributed by atoms with Crippen molar-refractivity contribution >= 4 is 18.4 Å². The molecule has 0 atom stereocenters. The molecule has 3 aromatic rings. The Labute approximate surface area is 150 Å². The van der Waals surface area contributed by atoms with E-state index in [1.165, 1.54) is 32.8 Å². The third-order valence-corrected chi connectivity index (χ3v) is 8.85. The molecule has 0 fully saturated rings. The predicted molar refractivity (Wildman–Crippen MR) is 106 cm³/mol. The lowest BCUT2D eigenvalue weighted by atomic mass is 10.0. The second kappa shape index (κ2) is 5.56. The molecule has 0 saturated carbocycles. The van der Waals surface area contributed by atoms with Crippen LogP contribution in [-0.4, -0.2) is 8.07 Å². The Morgan fingerprint density at radius 2 is 1.64 bits per heavy atom. The van der Waals surface area contributed by atoms with Crippen molar-refractivity contribution < 1.29 is 9.30 Å². The molecule has 0 saturated heterocycles. The van der Waals surface area contributed by atoms with Gasteiger partial charge in [-0.3, -0.25) is 0 Å². The first kappa shape index (κ1) is 16.1. The molecule has 4 rings (SSSR count). The zero-order valence-electron chi connectivity index (χ0n) is 15.6. The van der Waals surface area contributed by atoms with Gasteiger partial charge in [-0.05, 0) is 41.9 Å². The number of benzene rings is 2. The average molecular weight is 347 g/mol. The van der Waals surface area contributed by atoms with Crippen LogP contribution in [0.3, 0.4) is 0 Å². The Morgan fingerprint density at radius 1 is 0.880 bits per heavy atom. The Hall–Kier alpha value is -2.39. The number of ether oxygens (including phenoxy) is 1. The first-order valence-corrected chi connectivity index (χ1v) is 11.8. The fourth-order valence-corrected chi connectivity index (χ4v) is 6.73.